The molecule has 0 saturated carbocycles. The molecule has 0 atom stereocenters. The predicted molar refractivity (Wildman–Crippen MR) is 121 cm³/mol. The molecule has 158 valence electrons. The van der Waals surface area contributed by atoms with E-state index in [9.17, 15) is 9.59 Å². The number of aryl methyl sites for hydroxylation is 1. The van der Waals surface area contributed by atoms with E-state index in [4.69, 9.17) is 4.74 Å². The van der Waals surface area contributed by atoms with Crippen LogP contribution < -0.4 is 10.1 Å². The molecule has 6 nitrogen and oxygen atoms in total. The second-order valence-corrected chi connectivity index (χ2v) is 7.96. The molecule has 0 aliphatic carbocycles. The van der Waals surface area contributed by atoms with Crippen LogP contribution >= 0.6 is 11.3 Å². The van der Waals surface area contributed by atoms with Gasteiger partial charge in [0.1, 0.15) is 0 Å². The minimum atomic E-state index is -0.182. The van der Waals surface area contributed by atoms with Crippen LogP contribution in [-0.4, -0.2) is 29.6 Å². The molecule has 0 bridgehead atoms. The summed E-state index contributed by atoms with van der Waals surface area (Å²) in [6, 6.07) is 13.8. The number of hydrogen-bond acceptors (Lipinski definition) is 4. The summed E-state index contributed by atoms with van der Waals surface area (Å²) in [7, 11) is 0. The summed E-state index contributed by atoms with van der Waals surface area (Å²) in [5, 5.41) is 2.80. The van der Waals surface area contributed by atoms with Gasteiger partial charge in [0.2, 0.25) is 5.91 Å². The van der Waals surface area contributed by atoms with E-state index < -0.39 is 0 Å². The van der Waals surface area contributed by atoms with Crippen molar-refractivity contribution in [3.8, 4) is 0 Å². The van der Waals surface area contributed by atoms with Gasteiger partial charge in [-0.15, -0.1) is 0 Å². The number of ether oxygens (including phenoxy) is 1. The molecule has 1 aromatic heterocycles. The van der Waals surface area contributed by atoms with E-state index in [2.05, 4.69) is 17.2 Å². The number of fused-ring (bicyclic) bond motifs is 1. The van der Waals surface area contributed by atoms with E-state index in [1.165, 1.54) is 23.8 Å². The number of anilines is 1. The summed E-state index contributed by atoms with van der Waals surface area (Å²) >= 11 is 1.44. The van der Waals surface area contributed by atoms with Crippen molar-refractivity contribution in [2.45, 2.75) is 40.2 Å². The SMILES string of the molecule is CCOCCn1c(=NC(=O)Cc2ccc(CC)cc2)sc2cc(NC(C)=O)ccc21. The first-order valence-electron chi connectivity index (χ1n) is 10.1. The summed E-state index contributed by atoms with van der Waals surface area (Å²) in [6.07, 6.45) is 1.24. The second-order valence-electron chi connectivity index (χ2n) is 6.95. The maximum absolute atomic E-state index is 12.6. The molecule has 7 heteroatoms. The van der Waals surface area contributed by atoms with Gasteiger partial charge in [-0.3, -0.25) is 9.59 Å². The molecule has 0 saturated heterocycles. The van der Waals surface area contributed by atoms with Gasteiger partial charge in [0.25, 0.3) is 5.91 Å². The summed E-state index contributed by atoms with van der Waals surface area (Å²) < 4.78 is 8.47. The highest BCUT2D eigenvalue weighted by Gasteiger charge is 2.10. The fourth-order valence-corrected chi connectivity index (χ4v) is 4.28. The minimum Gasteiger partial charge on any atom is -0.380 e. The lowest BCUT2D eigenvalue weighted by Gasteiger charge is -2.06. The van der Waals surface area contributed by atoms with E-state index in [1.54, 1.807) is 0 Å². The molecular formula is C23H27N3O3S. The van der Waals surface area contributed by atoms with Crippen LogP contribution in [0.1, 0.15) is 31.9 Å². The Hall–Kier alpha value is -2.77. The van der Waals surface area contributed by atoms with Gasteiger partial charge in [-0.1, -0.05) is 42.5 Å². The second kappa shape index (κ2) is 10.3. The number of thiazole rings is 1. The van der Waals surface area contributed by atoms with Gasteiger partial charge < -0.3 is 14.6 Å². The van der Waals surface area contributed by atoms with Crippen LogP contribution in [0.15, 0.2) is 47.5 Å². The van der Waals surface area contributed by atoms with Crippen LogP contribution in [0, 0.1) is 0 Å². The lowest BCUT2D eigenvalue weighted by atomic mass is 10.1. The Balaban J connectivity index is 1.92. The third-order valence-corrected chi connectivity index (χ3v) is 5.71. The van der Waals surface area contributed by atoms with Crippen LogP contribution in [-0.2, 0) is 33.7 Å². The summed E-state index contributed by atoms with van der Waals surface area (Å²) in [5.74, 6) is -0.303. The zero-order valence-electron chi connectivity index (χ0n) is 17.6. The van der Waals surface area contributed by atoms with E-state index >= 15 is 0 Å². The first-order chi connectivity index (χ1) is 14.5. The average molecular weight is 426 g/mol. The van der Waals surface area contributed by atoms with Crippen molar-refractivity contribution in [1.29, 1.82) is 0 Å². The van der Waals surface area contributed by atoms with Gasteiger partial charge in [-0.25, -0.2) is 0 Å². The molecule has 0 radical (unpaired) electrons. The maximum atomic E-state index is 12.6. The van der Waals surface area contributed by atoms with Gasteiger partial charge >= 0.3 is 0 Å². The number of nitrogens with one attached hydrogen (secondary N) is 1. The van der Waals surface area contributed by atoms with Crippen molar-refractivity contribution in [3.63, 3.8) is 0 Å². The number of benzene rings is 2. The third kappa shape index (κ3) is 5.64. The van der Waals surface area contributed by atoms with E-state index in [0.717, 1.165) is 27.9 Å². The number of aromatic nitrogens is 1. The predicted octanol–water partition coefficient (Wildman–Crippen LogP) is 3.93. The number of carbonyl (C=O) groups is 2. The van der Waals surface area contributed by atoms with Crippen LogP contribution in [0.2, 0.25) is 0 Å². The highest BCUT2D eigenvalue weighted by Crippen LogP contribution is 2.22. The van der Waals surface area contributed by atoms with Gasteiger partial charge in [-0.2, -0.15) is 4.99 Å². The Morgan fingerprint density at radius 3 is 2.50 bits per heavy atom. The van der Waals surface area contributed by atoms with Gasteiger partial charge in [0.05, 0.1) is 23.2 Å². The first kappa shape index (κ1) is 21.9. The van der Waals surface area contributed by atoms with Crippen LogP contribution in [0.5, 0.6) is 0 Å². The smallest absolute Gasteiger partial charge is 0.252 e. The molecule has 2 amide bonds. The third-order valence-electron chi connectivity index (χ3n) is 4.67. The van der Waals surface area contributed by atoms with Gasteiger partial charge in [0.15, 0.2) is 4.80 Å². The first-order valence-corrected chi connectivity index (χ1v) is 11.0. The summed E-state index contributed by atoms with van der Waals surface area (Å²) in [6.45, 7) is 7.31. The number of carbonyl (C=O) groups excluding carboxylic acids is 2. The fraction of sp³-hybridized carbons (Fsp3) is 0.348. The zero-order valence-corrected chi connectivity index (χ0v) is 18.4. The zero-order chi connectivity index (χ0) is 21.5. The van der Waals surface area contributed by atoms with Crippen molar-refractivity contribution < 1.29 is 14.3 Å². The Morgan fingerprint density at radius 1 is 1.10 bits per heavy atom. The molecule has 0 aliphatic rings. The van der Waals surface area contributed by atoms with Crippen molar-refractivity contribution in [2.24, 2.45) is 4.99 Å². The Morgan fingerprint density at radius 2 is 1.83 bits per heavy atom. The molecule has 0 spiro atoms. The molecule has 30 heavy (non-hydrogen) atoms. The van der Waals surface area contributed by atoms with Crippen molar-refractivity contribution in [3.05, 3.63) is 58.4 Å². The molecule has 3 rings (SSSR count). The van der Waals surface area contributed by atoms with Gasteiger partial charge in [0, 0.05) is 25.8 Å². The van der Waals surface area contributed by atoms with E-state index in [0.29, 0.717) is 24.6 Å². The highest BCUT2D eigenvalue weighted by molar-refractivity contribution is 7.16. The number of nitrogens with zero attached hydrogens (tertiary/aromatic N) is 2. The average Bonchev–Trinajstić information content (AvgIpc) is 3.04. The standard InChI is InChI=1S/C23H27N3O3S/c1-4-17-6-8-18(9-7-17)14-22(28)25-23-26(12-13-29-5-2)20-11-10-19(24-16(3)27)15-21(20)30-23/h6-11,15H,4-5,12-14H2,1-3H3,(H,24,27). The fourth-order valence-electron chi connectivity index (χ4n) is 3.17. The lowest BCUT2D eigenvalue weighted by Crippen LogP contribution is -2.20. The molecule has 2 aromatic carbocycles. The Labute approximate surface area is 180 Å². The highest BCUT2D eigenvalue weighted by atomic mass is 32.1. The molecule has 1 N–H and O–H groups in total. The monoisotopic (exact) mass is 425 g/mol. The number of amides is 2. The van der Waals surface area contributed by atoms with E-state index in [1.807, 2.05) is 54.0 Å². The lowest BCUT2D eigenvalue weighted by molar-refractivity contribution is -0.117. The van der Waals surface area contributed by atoms with Crippen LogP contribution in [0.25, 0.3) is 10.2 Å². The number of hydrogen-bond donors (Lipinski definition) is 1. The topological polar surface area (TPSA) is 72.7 Å². The molecule has 0 unspecified atom stereocenters. The molecule has 0 fully saturated rings. The van der Waals surface area contributed by atoms with Crippen LogP contribution in [0.4, 0.5) is 5.69 Å². The quantitative estimate of drug-likeness (QED) is 0.556. The number of rotatable bonds is 8. The molecular weight excluding hydrogens is 398 g/mol. The summed E-state index contributed by atoms with van der Waals surface area (Å²) in [4.78, 5) is 29.1. The largest absolute Gasteiger partial charge is 0.380 e. The molecule has 1 heterocycles. The minimum absolute atomic E-state index is 0.121. The normalized spacial score (nSPS) is 11.8. The Kier molecular flexibility index (Phi) is 7.54. The molecule has 3 aromatic rings. The Bertz CT molecular complexity index is 1100. The summed E-state index contributed by atoms with van der Waals surface area (Å²) in [5.41, 5.74) is 3.89. The van der Waals surface area contributed by atoms with Crippen LogP contribution in [0.3, 0.4) is 0 Å². The van der Waals surface area contributed by atoms with E-state index in [-0.39, 0.29) is 18.2 Å². The van der Waals surface area contributed by atoms with Crippen molar-refractivity contribution in [1.82, 2.24) is 4.57 Å². The van der Waals surface area contributed by atoms with Gasteiger partial charge in [-0.05, 0) is 42.7 Å². The van der Waals surface area contributed by atoms with Crippen molar-refractivity contribution >= 4 is 39.1 Å². The van der Waals surface area contributed by atoms with Crippen molar-refractivity contribution in [2.75, 3.05) is 18.5 Å². The molecule has 0 aliphatic heterocycles. The maximum Gasteiger partial charge on any atom is 0.252 e.